The predicted octanol–water partition coefficient (Wildman–Crippen LogP) is 2.75. The predicted molar refractivity (Wildman–Crippen MR) is 69.9 cm³/mol. The van der Waals surface area contributed by atoms with Crippen LogP contribution in [0.4, 0.5) is 0 Å². The fourth-order valence-corrected chi connectivity index (χ4v) is 1.88. The largest absolute Gasteiger partial charge is 0.419 e. The van der Waals surface area contributed by atoms with E-state index in [4.69, 9.17) is 4.42 Å². The maximum Gasteiger partial charge on any atom is 0.419 e. The average Bonchev–Trinajstić information content (AvgIpc) is 2.52. The van der Waals surface area contributed by atoms with Crippen molar-refractivity contribution in [2.24, 2.45) is 12.5 Å². The summed E-state index contributed by atoms with van der Waals surface area (Å²) in [6.07, 6.45) is 0.476. The van der Waals surface area contributed by atoms with Crippen LogP contribution in [-0.2, 0) is 7.05 Å². The minimum atomic E-state index is -0.412. The summed E-state index contributed by atoms with van der Waals surface area (Å²) < 4.78 is 6.44. The van der Waals surface area contributed by atoms with Crippen LogP contribution in [0.5, 0.6) is 0 Å². The number of hydrogen-bond acceptors (Lipinski definition) is 3. The van der Waals surface area contributed by atoms with Crippen LogP contribution in [0.3, 0.4) is 0 Å². The number of fused-ring (bicyclic) bond motifs is 1. The molecule has 0 aliphatic rings. The van der Waals surface area contributed by atoms with Crippen molar-refractivity contribution in [2.45, 2.75) is 27.2 Å². The molecule has 0 radical (unpaired) electrons. The lowest BCUT2D eigenvalue weighted by Crippen LogP contribution is -2.13. The summed E-state index contributed by atoms with van der Waals surface area (Å²) in [6.45, 7) is 6.07. The molecule has 4 nitrogen and oxygen atoms in total. The third-order valence-electron chi connectivity index (χ3n) is 2.80. The van der Waals surface area contributed by atoms with Gasteiger partial charge in [-0.25, -0.2) is 4.79 Å². The molecular formula is C14H17NO3. The molecule has 0 atom stereocenters. The number of carbonyl (C=O) groups excluding carboxylic acids is 1. The first-order valence-electron chi connectivity index (χ1n) is 5.91. The third kappa shape index (κ3) is 2.37. The van der Waals surface area contributed by atoms with Gasteiger partial charge in [0, 0.05) is 19.0 Å². The molecule has 0 aliphatic carbocycles. The van der Waals surface area contributed by atoms with Crippen molar-refractivity contribution in [3.05, 3.63) is 34.3 Å². The Morgan fingerprint density at radius 2 is 2.00 bits per heavy atom. The highest BCUT2D eigenvalue weighted by Crippen LogP contribution is 2.23. The van der Waals surface area contributed by atoms with E-state index in [2.05, 4.69) is 0 Å². The summed E-state index contributed by atoms with van der Waals surface area (Å²) in [7, 11) is 1.63. The van der Waals surface area contributed by atoms with E-state index in [9.17, 15) is 9.59 Å². The van der Waals surface area contributed by atoms with E-state index in [0.29, 0.717) is 23.1 Å². The van der Waals surface area contributed by atoms with E-state index in [-0.39, 0.29) is 11.2 Å². The second kappa shape index (κ2) is 4.12. The van der Waals surface area contributed by atoms with Crippen LogP contribution in [-0.4, -0.2) is 10.4 Å². The molecule has 0 N–H and O–H groups in total. The molecule has 96 valence electrons. The number of oxazole rings is 1. The molecule has 18 heavy (non-hydrogen) atoms. The Hall–Kier alpha value is -1.84. The van der Waals surface area contributed by atoms with Gasteiger partial charge in [0.1, 0.15) is 0 Å². The number of aromatic nitrogens is 1. The highest BCUT2D eigenvalue weighted by Gasteiger charge is 2.18. The molecule has 1 heterocycles. The van der Waals surface area contributed by atoms with Crippen LogP contribution in [0, 0.1) is 5.41 Å². The third-order valence-corrected chi connectivity index (χ3v) is 2.80. The number of benzene rings is 1. The van der Waals surface area contributed by atoms with Crippen molar-refractivity contribution in [1.29, 1.82) is 0 Å². The molecule has 0 aliphatic heterocycles. The Morgan fingerprint density at radius 1 is 1.33 bits per heavy atom. The van der Waals surface area contributed by atoms with Crippen LogP contribution in [0.25, 0.3) is 11.1 Å². The molecule has 0 bridgehead atoms. The number of rotatable bonds is 2. The highest BCUT2D eigenvalue weighted by molar-refractivity contribution is 5.99. The quantitative estimate of drug-likeness (QED) is 0.767. The zero-order valence-electron chi connectivity index (χ0n) is 11.1. The van der Waals surface area contributed by atoms with Gasteiger partial charge in [-0.1, -0.05) is 20.8 Å². The van der Waals surface area contributed by atoms with Crippen molar-refractivity contribution in [2.75, 3.05) is 0 Å². The van der Waals surface area contributed by atoms with Gasteiger partial charge in [-0.3, -0.25) is 9.36 Å². The molecule has 0 saturated carbocycles. The number of ketones is 1. The monoisotopic (exact) mass is 247 g/mol. The van der Waals surface area contributed by atoms with Gasteiger partial charge < -0.3 is 4.42 Å². The minimum Gasteiger partial charge on any atom is -0.408 e. The molecule has 0 unspecified atom stereocenters. The van der Waals surface area contributed by atoms with Crippen molar-refractivity contribution in [1.82, 2.24) is 4.57 Å². The first kappa shape index (κ1) is 12.6. The highest BCUT2D eigenvalue weighted by atomic mass is 16.4. The molecule has 1 aromatic heterocycles. The Labute approximate surface area is 105 Å². The number of Topliss-reactive ketones (excluding diaryl/α,β-unsaturated/α-hetero) is 1. The Bertz CT molecular complexity index is 656. The minimum absolute atomic E-state index is 0.0473. The number of carbonyl (C=O) groups is 1. The number of aryl methyl sites for hydroxylation is 1. The summed E-state index contributed by atoms with van der Waals surface area (Å²) in [5.74, 6) is -0.330. The fourth-order valence-electron chi connectivity index (χ4n) is 1.88. The summed E-state index contributed by atoms with van der Waals surface area (Å²) >= 11 is 0. The lowest BCUT2D eigenvalue weighted by atomic mass is 9.88. The number of nitrogens with zero attached hydrogens (tertiary/aromatic N) is 1. The van der Waals surface area contributed by atoms with Crippen LogP contribution < -0.4 is 5.76 Å². The van der Waals surface area contributed by atoms with Gasteiger partial charge in [0.15, 0.2) is 11.4 Å². The molecule has 1 aromatic carbocycles. The SMILES string of the molecule is Cn1c(=O)oc2ccc(C(=O)CC(C)(C)C)cc21. The van der Waals surface area contributed by atoms with Crippen molar-refractivity contribution >= 4 is 16.9 Å². The molecular weight excluding hydrogens is 230 g/mol. The lowest BCUT2D eigenvalue weighted by molar-refractivity contribution is 0.0940. The van der Waals surface area contributed by atoms with Gasteiger partial charge in [0.25, 0.3) is 0 Å². The van der Waals surface area contributed by atoms with Gasteiger partial charge in [-0.05, 0) is 23.6 Å². The maximum atomic E-state index is 12.1. The molecule has 2 aromatic rings. The van der Waals surface area contributed by atoms with E-state index in [1.807, 2.05) is 20.8 Å². The number of hydrogen-bond donors (Lipinski definition) is 0. The second-order valence-corrected chi connectivity index (χ2v) is 5.77. The molecule has 0 amide bonds. The van der Waals surface area contributed by atoms with E-state index < -0.39 is 5.76 Å². The van der Waals surface area contributed by atoms with Crippen molar-refractivity contribution in [3.63, 3.8) is 0 Å². The molecule has 0 saturated heterocycles. The summed E-state index contributed by atoms with van der Waals surface area (Å²) in [5, 5.41) is 0. The van der Waals surface area contributed by atoms with Crippen LogP contribution in [0.2, 0.25) is 0 Å². The molecule has 0 fully saturated rings. The smallest absolute Gasteiger partial charge is 0.408 e. The summed E-state index contributed by atoms with van der Waals surface area (Å²) in [4.78, 5) is 23.5. The summed E-state index contributed by atoms with van der Waals surface area (Å²) in [6, 6.07) is 5.10. The normalized spacial score (nSPS) is 12.0. The van der Waals surface area contributed by atoms with E-state index >= 15 is 0 Å². The second-order valence-electron chi connectivity index (χ2n) is 5.77. The van der Waals surface area contributed by atoms with Gasteiger partial charge in [-0.2, -0.15) is 0 Å². The Morgan fingerprint density at radius 3 is 2.61 bits per heavy atom. The first-order chi connectivity index (χ1) is 8.28. The standard InChI is InChI=1S/C14H17NO3/c1-14(2,3)8-11(16)9-5-6-12-10(7-9)15(4)13(17)18-12/h5-7H,8H2,1-4H3. The Kier molecular flexibility index (Phi) is 2.89. The van der Waals surface area contributed by atoms with Crippen molar-refractivity contribution in [3.8, 4) is 0 Å². The zero-order valence-corrected chi connectivity index (χ0v) is 11.1. The molecule has 0 spiro atoms. The van der Waals surface area contributed by atoms with E-state index in [0.717, 1.165) is 0 Å². The van der Waals surface area contributed by atoms with Crippen LogP contribution in [0.15, 0.2) is 27.4 Å². The van der Waals surface area contributed by atoms with Gasteiger partial charge in [0.2, 0.25) is 0 Å². The average molecular weight is 247 g/mol. The van der Waals surface area contributed by atoms with Gasteiger partial charge in [0.05, 0.1) is 5.52 Å². The van der Waals surface area contributed by atoms with Crippen molar-refractivity contribution < 1.29 is 9.21 Å². The first-order valence-corrected chi connectivity index (χ1v) is 5.91. The van der Waals surface area contributed by atoms with Gasteiger partial charge >= 0.3 is 5.76 Å². The molecule has 2 rings (SSSR count). The van der Waals surface area contributed by atoms with Crippen LogP contribution >= 0.6 is 0 Å². The van der Waals surface area contributed by atoms with E-state index in [1.54, 1.807) is 25.2 Å². The summed E-state index contributed by atoms with van der Waals surface area (Å²) in [5.41, 5.74) is 1.73. The topological polar surface area (TPSA) is 52.2 Å². The molecule has 4 heteroatoms. The lowest BCUT2D eigenvalue weighted by Gasteiger charge is -2.16. The fraction of sp³-hybridized carbons (Fsp3) is 0.429. The van der Waals surface area contributed by atoms with Gasteiger partial charge in [-0.15, -0.1) is 0 Å². The zero-order chi connectivity index (χ0) is 13.5. The Balaban J connectivity index is 2.44. The van der Waals surface area contributed by atoms with Crippen LogP contribution in [0.1, 0.15) is 37.6 Å². The van der Waals surface area contributed by atoms with E-state index in [1.165, 1.54) is 4.57 Å². The maximum absolute atomic E-state index is 12.1.